The van der Waals surface area contributed by atoms with Gasteiger partial charge < -0.3 is 23.5 Å². The van der Waals surface area contributed by atoms with Gasteiger partial charge in [0.25, 0.3) is 0 Å². The van der Waals surface area contributed by atoms with Crippen LogP contribution < -0.4 is 5.11 Å². The molecule has 1 aromatic heterocycles. The number of hydrogen-bond donors (Lipinski definition) is 0. The van der Waals surface area contributed by atoms with Crippen molar-refractivity contribution in [3.8, 4) is 0 Å². The van der Waals surface area contributed by atoms with Crippen molar-refractivity contribution < 1.29 is 28.3 Å². The molecule has 0 spiro atoms. The molecule has 0 aromatic carbocycles. The van der Waals surface area contributed by atoms with Crippen molar-refractivity contribution in [3.05, 3.63) is 22.6 Å². The Kier molecular flexibility index (Phi) is 12.7. The molecule has 184 valence electrons. The summed E-state index contributed by atoms with van der Waals surface area (Å²) in [6, 6.07) is 0. The van der Waals surface area contributed by atoms with Gasteiger partial charge in [-0.15, -0.1) is 0 Å². The minimum Gasteiger partial charge on any atom is -0.550 e. The number of likely N-dealkylation sites (N-methyl/N-ethyl adjacent to an activating group) is 1. The molecule has 1 aromatic rings. The first kappa shape index (κ1) is 28.2. The molecule has 0 saturated carbocycles. The summed E-state index contributed by atoms with van der Waals surface area (Å²) in [5, 5.41) is 10.9. The zero-order chi connectivity index (χ0) is 24.1. The summed E-state index contributed by atoms with van der Waals surface area (Å²) in [4.78, 5) is 23.0. The number of nitrogens with zero attached hydrogens (tertiary/aromatic N) is 1. The van der Waals surface area contributed by atoms with E-state index in [4.69, 9.17) is 9.15 Å². The van der Waals surface area contributed by atoms with E-state index in [0.29, 0.717) is 17.4 Å². The second-order valence-electron chi connectivity index (χ2n) is 10.1. The highest BCUT2D eigenvalue weighted by Gasteiger charge is 2.22. The second kappa shape index (κ2) is 14.4. The van der Waals surface area contributed by atoms with Gasteiger partial charge >= 0.3 is 5.97 Å². The Morgan fingerprint density at radius 1 is 0.906 bits per heavy atom. The molecule has 0 aliphatic carbocycles. The first-order chi connectivity index (χ1) is 15.0. The molecule has 1 heterocycles. The van der Waals surface area contributed by atoms with Crippen LogP contribution in [0.5, 0.6) is 0 Å². The van der Waals surface area contributed by atoms with Crippen molar-refractivity contribution >= 4 is 11.9 Å². The maximum Gasteiger partial charge on any atom is 0.306 e. The Morgan fingerprint density at radius 3 is 1.97 bits per heavy atom. The summed E-state index contributed by atoms with van der Waals surface area (Å²) in [6.45, 7) is 7.00. The summed E-state index contributed by atoms with van der Waals surface area (Å²) in [5.41, 5.74) is 2.62. The number of carboxylic acids is 1. The number of unbranched alkanes of at least 4 members (excludes halogenated alkanes) is 6. The monoisotopic (exact) mass is 451 g/mol. The number of furan rings is 1. The van der Waals surface area contributed by atoms with Crippen molar-refractivity contribution in [1.82, 2.24) is 0 Å². The fraction of sp³-hybridized carbons (Fsp3) is 0.769. The van der Waals surface area contributed by atoms with Gasteiger partial charge in [-0.1, -0.05) is 39.0 Å². The van der Waals surface area contributed by atoms with Gasteiger partial charge in [0, 0.05) is 31.7 Å². The van der Waals surface area contributed by atoms with Crippen LogP contribution in [0.2, 0.25) is 0 Å². The van der Waals surface area contributed by atoms with Crippen molar-refractivity contribution in [3.63, 3.8) is 0 Å². The van der Waals surface area contributed by atoms with Crippen LogP contribution in [0.3, 0.4) is 0 Å². The van der Waals surface area contributed by atoms with E-state index in [0.717, 1.165) is 56.5 Å². The summed E-state index contributed by atoms with van der Waals surface area (Å²) < 4.78 is 12.1. The topological polar surface area (TPSA) is 79.6 Å². The summed E-state index contributed by atoms with van der Waals surface area (Å²) in [6.07, 6.45) is 10.1. The standard InChI is InChI=1S/C26H45NO5/c1-7-8-12-15-23-20(2)21(3)24(32-23)16-13-10-9-11-14-17-26(30)31-22(18-25(28)29)19-27(4,5)6/h22H,7-19H2,1-6H3. The SMILES string of the molecule is CCCCCc1oc(CCCCCCCC(=O)OC(CC(=O)[O-])C[N+](C)(C)C)c(C)c1C. The first-order valence-electron chi connectivity index (χ1n) is 12.3. The highest BCUT2D eigenvalue weighted by atomic mass is 16.5. The molecule has 0 fully saturated rings. The third-order valence-electron chi connectivity index (χ3n) is 5.88. The minimum atomic E-state index is -1.19. The van der Waals surface area contributed by atoms with E-state index in [1.807, 2.05) is 21.1 Å². The molecule has 1 rings (SSSR count). The number of hydrogen-bond acceptors (Lipinski definition) is 5. The zero-order valence-corrected chi connectivity index (χ0v) is 21.3. The van der Waals surface area contributed by atoms with Crippen LogP contribution in [0.15, 0.2) is 4.42 Å². The lowest BCUT2D eigenvalue weighted by Gasteiger charge is -2.29. The predicted molar refractivity (Wildman–Crippen MR) is 125 cm³/mol. The molecule has 0 aliphatic heterocycles. The van der Waals surface area contributed by atoms with Crippen LogP contribution in [-0.2, 0) is 27.2 Å². The molecule has 0 saturated heterocycles. The fourth-order valence-corrected chi connectivity index (χ4v) is 4.00. The Morgan fingerprint density at radius 2 is 1.44 bits per heavy atom. The van der Waals surface area contributed by atoms with Gasteiger partial charge in [-0.2, -0.15) is 0 Å². The molecular weight excluding hydrogens is 406 g/mol. The number of aryl methyl sites for hydroxylation is 2. The summed E-state index contributed by atoms with van der Waals surface area (Å²) in [7, 11) is 5.82. The molecule has 6 heteroatoms. The normalized spacial score (nSPS) is 12.7. The van der Waals surface area contributed by atoms with Crippen molar-refractivity contribution in [2.24, 2.45) is 0 Å². The molecule has 32 heavy (non-hydrogen) atoms. The lowest BCUT2D eigenvalue weighted by molar-refractivity contribution is -0.873. The van der Waals surface area contributed by atoms with Crippen LogP contribution in [0.4, 0.5) is 0 Å². The highest BCUT2D eigenvalue weighted by Crippen LogP contribution is 2.25. The van der Waals surface area contributed by atoms with E-state index in [1.165, 1.54) is 30.4 Å². The molecule has 0 bridgehead atoms. The largest absolute Gasteiger partial charge is 0.550 e. The molecule has 0 amide bonds. The van der Waals surface area contributed by atoms with Gasteiger partial charge in [0.05, 0.1) is 21.1 Å². The van der Waals surface area contributed by atoms with E-state index >= 15 is 0 Å². The maximum atomic E-state index is 12.1. The molecular formula is C26H45NO5. The predicted octanol–water partition coefficient (Wildman–Crippen LogP) is 4.27. The number of esters is 1. The minimum absolute atomic E-state index is 0.257. The van der Waals surface area contributed by atoms with Gasteiger partial charge in [0.2, 0.25) is 0 Å². The molecule has 1 unspecified atom stereocenters. The average molecular weight is 452 g/mol. The maximum absolute atomic E-state index is 12.1. The smallest absolute Gasteiger partial charge is 0.306 e. The van der Waals surface area contributed by atoms with E-state index in [2.05, 4.69) is 20.8 Å². The molecule has 0 radical (unpaired) electrons. The van der Waals surface area contributed by atoms with Crippen LogP contribution >= 0.6 is 0 Å². The Balaban J connectivity index is 2.26. The number of carbonyl (C=O) groups excluding carboxylic acids is 2. The number of carboxylic acid groups (broad SMARTS) is 1. The zero-order valence-electron chi connectivity index (χ0n) is 21.3. The van der Waals surface area contributed by atoms with Gasteiger partial charge in [-0.25, -0.2) is 0 Å². The highest BCUT2D eigenvalue weighted by molar-refractivity contribution is 5.70. The van der Waals surface area contributed by atoms with E-state index < -0.39 is 12.1 Å². The number of aliphatic carboxylic acids is 1. The van der Waals surface area contributed by atoms with E-state index in [1.54, 1.807) is 0 Å². The van der Waals surface area contributed by atoms with Gasteiger partial charge in [0.15, 0.2) is 6.10 Å². The van der Waals surface area contributed by atoms with Gasteiger partial charge in [-0.05, 0) is 44.2 Å². The lowest BCUT2D eigenvalue weighted by atomic mass is 10.0. The molecule has 6 nitrogen and oxygen atoms in total. The third kappa shape index (κ3) is 11.7. The quantitative estimate of drug-likeness (QED) is 0.201. The van der Waals surface area contributed by atoms with E-state index in [-0.39, 0.29) is 12.4 Å². The Labute approximate surface area is 194 Å². The second-order valence-corrected chi connectivity index (χ2v) is 10.1. The third-order valence-corrected chi connectivity index (χ3v) is 5.88. The number of ether oxygens (including phenoxy) is 1. The molecule has 0 N–H and O–H groups in total. The van der Waals surface area contributed by atoms with Gasteiger partial charge in [0.1, 0.15) is 18.1 Å². The average Bonchev–Trinajstić information content (AvgIpc) is 2.93. The Hall–Kier alpha value is -1.82. The van der Waals surface area contributed by atoms with Crippen LogP contribution in [0.25, 0.3) is 0 Å². The van der Waals surface area contributed by atoms with Crippen molar-refractivity contribution in [2.75, 3.05) is 27.7 Å². The number of rotatable bonds is 17. The van der Waals surface area contributed by atoms with Crippen molar-refractivity contribution in [1.29, 1.82) is 0 Å². The van der Waals surface area contributed by atoms with Crippen molar-refractivity contribution in [2.45, 2.75) is 104 Å². The van der Waals surface area contributed by atoms with Crippen LogP contribution in [0, 0.1) is 13.8 Å². The number of carbonyl (C=O) groups is 2. The van der Waals surface area contributed by atoms with Gasteiger partial charge in [-0.3, -0.25) is 4.79 Å². The van der Waals surface area contributed by atoms with E-state index in [9.17, 15) is 14.7 Å². The first-order valence-corrected chi connectivity index (χ1v) is 12.3. The lowest BCUT2D eigenvalue weighted by Crippen LogP contribution is -2.45. The molecule has 0 aliphatic rings. The summed E-state index contributed by atoms with van der Waals surface area (Å²) in [5.74, 6) is 0.786. The molecule has 1 atom stereocenters. The summed E-state index contributed by atoms with van der Waals surface area (Å²) >= 11 is 0. The van der Waals surface area contributed by atoms with Crippen LogP contribution in [-0.4, -0.2) is 50.2 Å². The number of quaternary nitrogens is 1. The Bertz CT molecular complexity index is 702. The van der Waals surface area contributed by atoms with Crippen LogP contribution in [0.1, 0.15) is 93.8 Å². The fourth-order valence-electron chi connectivity index (χ4n) is 4.00.